The number of hydrogen-bond acceptors (Lipinski definition) is 2. The smallest absolute Gasteiger partial charge is 0.0782 e. The lowest BCUT2D eigenvalue weighted by molar-refractivity contribution is 0.199. The van der Waals surface area contributed by atoms with E-state index in [0.29, 0.717) is 0 Å². The molecule has 0 saturated heterocycles. The largest absolute Gasteiger partial charge is 0.389 e. The van der Waals surface area contributed by atoms with Gasteiger partial charge in [-0.25, -0.2) is 0 Å². The van der Waals surface area contributed by atoms with Crippen LogP contribution in [0.25, 0.3) is 0 Å². The summed E-state index contributed by atoms with van der Waals surface area (Å²) >= 11 is 3.45. The van der Waals surface area contributed by atoms with E-state index in [1.807, 2.05) is 19.1 Å². The Bertz CT molecular complexity index is 374. The maximum Gasteiger partial charge on any atom is 0.0782 e. The Balaban J connectivity index is 2.23. The maximum atomic E-state index is 9.78. The number of nitrogens with zero attached hydrogens (tertiary/aromatic N) is 1. The van der Waals surface area contributed by atoms with Crippen LogP contribution in [0.2, 0.25) is 0 Å². The lowest BCUT2D eigenvalue weighted by Gasteiger charge is -2.23. The summed E-state index contributed by atoms with van der Waals surface area (Å²) in [5, 5.41) is 9.78. The fourth-order valence-electron chi connectivity index (χ4n) is 1.99. The van der Waals surface area contributed by atoms with E-state index in [2.05, 4.69) is 33.9 Å². The minimum absolute atomic E-state index is 0.422. The minimum atomic E-state index is -0.422. The molecule has 2 nitrogen and oxygen atoms in total. The first-order chi connectivity index (χ1) is 7.58. The molecule has 1 unspecified atom stereocenters. The molecule has 0 radical (unpaired) electrons. The van der Waals surface area contributed by atoms with Crippen LogP contribution >= 0.6 is 15.9 Å². The number of anilines is 1. The molecule has 1 saturated carbocycles. The molecule has 0 aliphatic heterocycles. The lowest BCUT2D eigenvalue weighted by atomic mass is 10.1. The Morgan fingerprint density at radius 2 is 2.19 bits per heavy atom. The second kappa shape index (κ2) is 4.76. The summed E-state index contributed by atoms with van der Waals surface area (Å²) in [5.41, 5.74) is 2.14. The van der Waals surface area contributed by atoms with Crippen molar-refractivity contribution in [3.8, 4) is 0 Å². The van der Waals surface area contributed by atoms with Gasteiger partial charge in [-0.05, 0) is 43.9 Å². The highest BCUT2D eigenvalue weighted by Gasteiger charge is 2.24. The SMILES string of the molecule is CC(O)c1cc(Br)ccc1N(C)CC1CC1. The quantitative estimate of drug-likeness (QED) is 0.916. The van der Waals surface area contributed by atoms with Crippen LogP contribution in [0.1, 0.15) is 31.4 Å². The van der Waals surface area contributed by atoms with Crippen molar-refractivity contribution in [1.82, 2.24) is 0 Å². The molecule has 0 amide bonds. The van der Waals surface area contributed by atoms with E-state index >= 15 is 0 Å². The predicted molar refractivity (Wildman–Crippen MR) is 70.8 cm³/mol. The summed E-state index contributed by atoms with van der Waals surface area (Å²) in [6, 6.07) is 6.11. The Labute approximate surface area is 105 Å². The molecular weight excluding hydrogens is 266 g/mol. The average molecular weight is 284 g/mol. The van der Waals surface area contributed by atoms with Gasteiger partial charge in [0.15, 0.2) is 0 Å². The van der Waals surface area contributed by atoms with Gasteiger partial charge in [-0.2, -0.15) is 0 Å². The van der Waals surface area contributed by atoms with E-state index in [0.717, 1.165) is 28.2 Å². The summed E-state index contributed by atoms with van der Waals surface area (Å²) < 4.78 is 1.02. The molecule has 1 aromatic carbocycles. The first-order valence-corrected chi connectivity index (χ1v) is 6.56. The van der Waals surface area contributed by atoms with E-state index < -0.39 is 6.10 Å². The van der Waals surface area contributed by atoms with Gasteiger partial charge in [-0.1, -0.05) is 15.9 Å². The Morgan fingerprint density at radius 3 is 2.75 bits per heavy atom. The summed E-state index contributed by atoms with van der Waals surface area (Å²) in [6.45, 7) is 2.91. The predicted octanol–water partition coefficient (Wildman–Crippen LogP) is 3.35. The maximum absolute atomic E-state index is 9.78. The van der Waals surface area contributed by atoms with Crippen LogP contribution in [0.15, 0.2) is 22.7 Å². The molecule has 16 heavy (non-hydrogen) atoms. The van der Waals surface area contributed by atoms with Gasteiger partial charge in [0.05, 0.1) is 6.10 Å². The van der Waals surface area contributed by atoms with Gasteiger partial charge >= 0.3 is 0 Å². The van der Waals surface area contributed by atoms with Crippen LogP contribution < -0.4 is 4.90 Å². The van der Waals surface area contributed by atoms with Crippen LogP contribution in [0.5, 0.6) is 0 Å². The van der Waals surface area contributed by atoms with Crippen LogP contribution in [0, 0.1) is 5.92 Å². The molecular formula is C13H18BrNO. The number of hydrogen-bond donors (Lipinski definition) is 1. The van der Waals surface area contributed by atoms with Crippen molar-refractivity contribution < 1.29 is 5.11 Å². The molecule has 1 aliphatic carbocycles. The average Bonchev–Trinajstić information content (AvgIpc) is 3.01. The van der Waals surface area contributed by atoms with Crippen molar-refractivity contribution in [3.05, 3.63) is 28.2 Å². The van der Waals surface area contributed by atoms with Crippen molar-refractivity contribution in [1.29, 1.82) is 0 Å². The zero-order valence-electron chi connectivity index (χ0n) is 9.78. The van der Waals surface area contributed by atoms with E-state index in [1.54, 1.807) is 0 Å². The second-order valence-electron chi connectivity index (χ2n) is 4.70. The highest BCUT2D eigenvalue weighted by Crippen LogP contribution is 2.34. The van der Waals surface area contributed by atoms with Crippen molar-refractivity contribution in [3.63, 3.8) is 0 Å². The van der Waals surface area contributed by atoms with Crippen LogP contribution in [-0.2, 0) is 0 Å². The van der Waals surface area contributed by atoms with E-state index in [-0.39, 0.29) is 0 Å². The molecule has 1 N–H and O–H groups in total. The monoisotopic (exact) mass is 283 g/mol. The first kappa shape index (κ1) is 11.9. The van der Waals surface area contributed by atoms with Gasteiger partial charge in [-0.3, -0.25) is 0 Å². The van der Waals surface area contributed by atoms with Crippen LogP contribution in [0.4, 0.5) is 5.69 Å². The Morgan fingerprint density at radius 1 is 1.50 bits per heavy atom. The molecule has 0 heterocycles. The molecule has 3 heteroatoms. The number of halogens is 1. The Kier molecular flexibility index (Phi) is 3.55. The topological polar surface area (TPSA) is 23.5 Å². The fourth-order valence-corrected chi connectivity index (χ4v) is 2.37. The molecule has 1 atom stereocenters. The normalized spacial score (nSPS) is 17.2. The molecule has 0 aromatic heterocycles. The van der Waals surface area contributed by atoms with Crippen molar-refractivity contribution in [2.45, 2.75) is 25.9 Å². The van der Waals surface area contributed by atoms with E-state index in [9.17, 15) is 5.11 Å². The van der Waals surface area contributed by atoms with Gasteiger partial charge in [0.25, 0.3) is 0 Å². The zero-order valence-corrected chi connectivity index (χ0v) is 11.4. The van der Waals surface area contributed by atoms with Crippen molar-refractivity contribution >= 4 is 21.6 Å². The van der Waals surface area contributed by atoms with Crippen molar-refractivity contribution in [2.24, 2.45) is 5.92 Å². The number of benzene rings is 1. The lowest BCUT2D eigenvalue weighted by Crippen LogP contribution is -2.21. The second-order valence-corrected chi connectivity index (χ2v) is 5.62. The first-order valence-electron chi connectivity index (χ1n) is 5.76. The van der Waals surface area contributed by atoms with E-state index in [1.165, 1.54) is 12.8 Å². The molecule has 1 aromatic rings. The number of rotatable bonds is 4. The highest BCUT2D eigenvalue weighted by atomic mass is 79.9. The third kappa shape index (κ3) is 2.77. The molecule has 1 aliphatic rings. The van der Waals surface area contributed by atoms with Gasteiger partial charge < -0.3 is 10.0 Å². The molecule has 88 valence electrons. The van der Waals surface area contributed by atoms with Crippen molar-refractivity contribution in [2.75, 3.05) is 18.5 Å². The number of aliphatic hydroxyl groups is 1. The van der Waals surface area contributed by atoms with Crippen LogP contribution in [-0.4, -0.2) is 18.7 Å². The summed E-state index contributed by atoms with van der Waals surface area (Å²) in [4.78, 5) is 2.26. The fraction of sp³-hybridized carbons (Fsp3) is 0.538. The van der Waals surface area contributed by atoms with E-state index in [4.69, 9.17) is 0 Å². The molecule has 0 bridgehead atoms. The summed E-state index contributed by atoms with van der Waals surface area (Å²) in [5.74, 6) is 0.857. The van der Waals surface area contributed by atoms with Gasteiger partial charge in [0.1, 0.15) is 0 Å². The molecule has 2 rings (SSSR count). The summed E-state index contributed by atoms with van der Waals surface area (Å²) in [7, 11) is 2.10. The van der Waals surface area contributed by atoms with Gasteiger partial charge in [0, 0.05) is 29.3 Å². The van der Waals surface area contributed by atoms with Gasteiger partial charge in [-0.15, -0.1) is 0 Å². The number of aliphatic hydroxyl groups excluding tert-OH is 1. The molecule has 0 spiro atoms. The highest BCUT2D eigenvalue weighted by molar-refractivity contribution is 9.10. The third-order valence-corrected chi connectivity index (χ3v) is 3.57. The summed E-state index contributed by atoms with van der Waals surface area (Å²) in [6.07, 6.45) is 2.28. The van der Waals surface area contributed by atoms with Crippen LogP contribution in [0.3, 0.4) is 0 Å². The van der Waals surface area contributed by atoms with Gasteiger partial charge in [0.2, 0.25) is 0 Å². The minimum Gasteiger partial charge on any atom is -0.389 e. The standard InChI is InChI=1S/C13H18BrNO/c1-9(16)12-7-11(14)5-6-13(12)15(2)8-10-3-4-10/h5-7,9-10,16H,3-4,8H2,1-2H3. The third-order valence-electron chi connectivity index (χ3n) is 3.08. The molecule has 1 fully saturated rings. The zero-order chi connectivity index (χ0) is 11.7. The Hall–Kier alpha value is -0.540.